The number of aromatic amines is 1. The van der Waals surface area contributed by atoms with Crippen LogP contribution in [0.3, 0.4) is 0 Å². The Balaban J connectivity index is 0.00000148. The standard InChI is InChI=1S/C29H33N5O4S.C2H6/c1-37-15-17-4-3-9-33(12-17)13-18-10-23-26-24(11-18)38-16-20-8-7-19(30-20)14-34-29(36)22-6-2-5-21(27(22)39-34)25(32-26)28(35)31-23;1-2/h2,5-6,10-11,17,19-20,30H,3-4,7-9,12-16H2,1H3,(H,31,35);1-2H3. The molecule has 3 aliphatic heterocycles. The summed E-state index contributed by atoms with van der Waals surface area (Å²) in [5.74, 6) is 1.22. The summed E-state index contributed by atoms with van der Waals surface area (Å²) in [6, 6.07) is 10.1. The molecule has 0 amide bonds. The monoisotopic (exact) mass is 577 g/mol. The number of piperidine rings is 1. The van der Waals surface area contributed by atoms with Gasteiger partial charge in [-0.25, -0.2) is 4.98 Å². The van der Waals surface area contributed by atoms with Gasteiger partial charge in [0.1, 0.15) is 23.6 Å². The average Bonchev–Trinajstić information content (AvgIpc) is 3.56. The zero-order valence-electron chi connectivity index (χ0n) is 24.1. The van der Waals surface area contributed by atoms with E-state index in [9.17, 15) is 9.59 Å². The molecule has 0 radical (unpaired) electrons. The van der Waals surface area contributed by atoms with E-state index in [0.29, 0.717) is 52.5 Å². The number of ether oxygens (including phenoxy) is 2. The largest absolute Gasteiger partial charge is 0.490 e. The molecule has 3 atom stereocenters. The van der Waals surface area contributed by atoms with Crippen LogP contribution in [0.5, 0.6) is 5.75 Å². The maximum absolute atomic E-state index is 13.4. The van der Waals surface area contributed by atoms with Gasteiger partial charge >= 0.3 is 0 Å². The first-order chi connectivity index (χ1) is 20.1. The van der Waals surface area contributed by atoms with Crippen LogP contribution in [0, 0.1) is 5.92 Å². The highest BCUT2D eigenvalue weighted by Gasteiger charge is 2.27. The summed E-state index contributed by atoms with van der Waals surface area (Å²) in [6.07, 6.45) is 4.31. The van der Waals surface area contributed by atoms with Gasteiger partial charge in [-0.15, -0.1) is 0 Å². The maximum Gasteiger partial charge on any atom is 0.275 e. The number of aromatic nitrogens is 3. The van der Waals surface area contributed by atoms with E-state index in [-0.39, 0.29) is 23.2 Å². The van der Waals surface area contributed by atoms with Crippen LogP contribution in [-0.2, 0) is 17.8 Å². The number of rotatable bonds is 4. The number of benzene rings is 2. The fraction of sp³-hybridized carbons (Fsp3) is 0.516. The van der Waals surface area contributed by atoms with Gasteiger partial charge in [0.05, 0.1) is 28.8 Å². The van der Waals surface area contributed by atoms with Gasteiger partial charge in [-0.3, -0.25) is 18.4 Å². The van der Waals surface area contributed by atoms with E-state index in [2.05, 4.69) is 21.3 Å². The molecule has 10 heteroatoms. The second-order valence-corrected chi connectivity index (χ2v) is 12.2. The number of fused-ring (bicyclic) bond motifs is 5. The van der Waals surface area contributed by atoms with Gasteiger partial charge in [-0.05, 0) is 61.9 Å². The Labute approximate surface area is 243 Å². The molecular formula is C31H39N5O4S. The van der Waals surface area contributed by atoms with Gasteiger partial charge in [0, 0.05) is 37.8 Å². The average molecular weight is 578 g/mol. The quantitative estimate of drug-likeness (QED) is 0.372. The normalized spacial score (nSPS) is 22.5. The van der Waals surface area contributed by atoms with Crippen LogP contribution in [0.25, 0.3) is 32.4 Å². The number of hydrogen-bond acceptors (Lipinski definition) is 8. The molecule has 0 spiro atoms. The minimum atomic E-state index is -0.266. The van der Waals surface area contributed by atoms with E-state index < -0.39 is 0 Å². The van der Waals surface area contributed by atoms with E-state index in [1.165, 1.54) is 18.0 Å². The van der Waals surface area contributed by atoms with E-state index in [4.69, 9.17) is 14.5 Å². The molecule has 218 valence electrons. The molecule has 3 aliphatic rings. The van der Waals surface area contributed by atoms with Crippen molar-refractivity contribution in [2.24, 2.45) is 5.92 Å². The second-order valence-electron chi connectivity index (χ2n) is 11.2. The highest BCUT2D eigenvalue weighted by molar-refractivity contribution is 7.14. The fourth-order valence-corrected chi connectivity index (χ4v) is 7.67. The van der Waals surface area contributed by atoms with E-state index in [0.717, 1.165) is 55.8 Å². The first-order valence-electron chi connectivity index (χ1n) is 14.9. The van der Waals surface area contributed by atoms with E-state index >= 15 is 0 Å². The van der Waals surface area contributed by atoms with Gasteiger partial charge in [-0.1, -0.05) is 37.5 Å². The third kappa shape index (κ3) is 5.58. The SMILES string of the molecule is CC.COCC1CCCN(Cc2cc3c4nc(c(=O)[nH]c4c2)-c2cccc4c(=O)n(sc24)CC2CCC(CO3)N2)C1. The number of H-pyrrole nitrogens is 1. The maximum atomic E-state index is 13.4. The molecule has 5 heterocycles. The molecule has 9 nitrogen and oxygen atoms in total. The molecule has 3 unspecified atom stereocenters. The number of nitrogens with zero attached hydrogens (tertiary/aromatic N) is 3. The van der Waals surface area contributed by atoms with Crippen molar-refractivity contribution in [3.8, 4) is 17.0 Å². The highest BCUT2D eigenvalue weighted by atomic mass is 32.1. The van der Waals surface area contributed by atoms with Crippen LogP contribution < -0.4 is 21.2 Å². The summed E-state index contributed by atoms with van der Waals surface area (Å²) in [5, 5.41) is 4.30. The molecule has 2 saturated heterocycles. The minimum Gasteiger partial charge on any atom is -0.490 e. The molecule has 41 heavy (non-hydrogen) atoms. The predicted octanol–water partition coefficient (Wildman–Crippen LogP) is 4.36. The summed E-state index contributed by atoms with van der Waals surface area (Å²) in [7, 11) is 1.77. The summed E-state index contributed by atoms with van der Waals surface area (Å²) in [4.78, 5) is 37.1. The van der Waals surface area contributed by atoms with Crippen LogP contribution in [0.15, 0.2) is 39.9 Å². The van der Waals surface area contributed by atoms with Crippen LogP contribution in [-0.4, -0.2) is 64.3 Å². The van der Waals surface area contributed by atoms with Gasteiger partial charge in [0.25, 0.3) is 11.1 Å². The lowest BCUT2D eigenvalue weighted by molar-refractivity contribution is 0.0873. The Kier molecular flexibility index (Phi) is 8.26. The molecule has 4 aromatic rings. The van der Waals surface area contributed by atoms with Gasteiger partial charge in [0.15, 0.2) is 0 Å². The summed E-state index contributed by atoms with van der Waals surface area (Å²) in [6.45, 7) is 8.71. The van der Waals surface area contributed by atoms with Crippen molar-refractivity contribution >= 4 is 32.7 Å². The third-order valence-electron chi connectivity index (χ3n) is 8.32. The van der Waals surface area contributed by atoms with E-state index in [1.807, 2.05) is 42.1 Å². The van der Waals surface area contributed by atoms with Gasteiger partial charge < -0.3 is 19.8 Å². The number of methoxy groups -OCH3 is 1. The molecule has 0 saturated carbocycles. The Hall–Kier alpha value is -3.05. The molecule has 7 rings (SSSR count). The molecule has 6 bridgehead atoms. The van der Waals surface area contributed by atoms with E-state index in [1.54, 1.807) is 7.11 Å². The second kappa shape index (κ2) is 12.1. The first kappa shape index (κ1) is 28.1. The van der Waals surface area contributed by atoms with Crippen molar-refractivity contribution in [1.29, 1.82) is 0 Å². The van der Waals surface area contributed by atoms with Crippen molar-refractivity contribution < 1.29 is 9.47 Å². The van der Waals surface area contributed by atoms with Crippen LogP contribution >= 0.6 is 11.5 Å². The number of likely N-dealkylation sites (tertiary alicyclic amines) is 1. The first-order valence-corrected chi connectivity index (χ1v) is 15.6. The zero-order valence-corrected chi connectivity index (χ0v) is 24.9. The van der Waals surface area contributed by atoms with Crippen molar-refractivity contribution in [3.05, 3.63) is 56.6 Å². The molecular weight excluding hydrogens is 538 g/mol. The molecule has 0 aliphatic carbocycles. The fourth-order valence-electron chi connectivity index (χ4n) is 6.49. The lowest BCUT2D eigenvalue weighted by atomic mass is 9.98. The zero-order chi connectivity index (χ0) is 28.5. The van der Waals surface area contributed by atoms with Crippen LogP contribution in [0.2, 0.25) is 0 Å². The predicted molar refractivity (Wildman–Crippen MR) is 164 cm³/mol. The highest BCUT2D eigenvalue weighted by Crippen LogP contribution is 2.33. The topological polar surface area (TPSA) is 101 Å². The van der Waals surface area contributed by atoms with Crippen molar-refractivity contribution in [2.45, 2.75) is 64.7 Å². The summed E-state index contributed by atoms with van der Waals surface area (Å²) >= 11 is 1.42. The minimum absolute atomic E-state index is 0.0128. The lowest BCUT2D eigenvalue weighted by Gasteiger charge is -2.32. The Morgan fingerprint density at radius 1 is 1.12 bits per heavy atom. The Bertz CT molecular complexity index is 1660. The molecule has 2 aromatic carbocycles. The Morgan fingerprint density at radius 2 is 1.98 bits per heavy atom. The Morgan fingerprint density at radius 3 is 2.83 bits per heavy atom. The third-order valence-corrected chi connectivity index (χ3v) is 9.48. The summed E-state index contributed by atoms with van der Waals surface area (Å²) in [5.41, 5.74) is 3.12. The smallest absolute Gasteiger partial charge is 0.275 e. The molecule has 2 fully saturated rings. The molecule has 2 N–H and O–H groups in total. The van der Waals surface area contributed by atoms with Crippen molar-refractivity contribution in [3.63, 3.8) is 0 Å². The number of nitrogens with one attached hydrogen (secondary N) is 2. The summed E-state index contributed by atoms with van der Waals surface area (Å²) < 4.78 is 14.5. The lowest BCUT2D eigenvalue weighted by Crippen LogP contribution is -2.37. The van der Waals surface area contributed by atoms with Crippen LogP contribution in [0.1, 0.15) is 45.1 Å². The molecule has 2 aromatic heterocycles. The number of hydrogen-bond donors (Lipinski definition) is 2. The van der Waals surface area contributed by atoms with Crippen molar-refractivity contribution in [1.82, 2.24) is 24.1 Å². The van der Waals surface area contributed by atoms with Crippen molar-refractivity contribution in [2.75, 3.05) is 33.4 Å². The van der Waals surface area contributed by atoms with Gasteiger partial charge in [-0.2, -0.15) is 0 Å². The van der Waals surface area contributed by atoms with Gasteiger partial charge in [0.2, 0.25) is 0 Å². The van der Waals surface area contributed by atoms with Crippen LogP contribution in [0.4, 0.5) is 0 Å².